The first-order valence-electron chi connectivity index (χ1n) is 7.27. The molecule has 1 aromatic carbocycles. The van der Waals surface area contributed by atoms with E-state index >= 15 is 0 Å². The van der Waals surface area contributed by atoms with Crippen LogP contribution < -0.4 is 5.32 Å². The van der Waals surface area contributed by atoms with Gasteiger partial charge in [-0.3, -0.25) is 4.79 Å². The van der Waals surface area contributed by atoms with Crippen molar-refractivity contribution in [1.29, 1.82) is 0 Å². The van der Waals surface area contributed by atoms with Crippen LogP contribution in [-0.4, -0.2) is 50.2 Å². The van der Waals surface area contributed by atoms with Gasteiger partial charge in [-0.15, -0.1) is 0 Å². The number of morpholine rings is 1. The van der Waals surface area contributed by atoms with Crippen LogP contribution >= 0.6 is 0 Å². The summed E-state index contributed by atoms with van der Waals surface area (Å²) >= 11 is 0. The summed E-state index contributed by atoms with van der Waals surface area (Å²) < 4.78 is 5.62. The number of carbonyl (C=O) groups is 1. The summed E-state index contributed by atoms with van der Waals surface area (Å²) in [5.41, 5.74) is 2.51. The van der Waals surface area contributed by atoms with E-state index in [2.05, 4.69) is 24.4 Å². The van der Waals surface area contributed by atoms with Crippen molar-refractivity contribution in [2.24, 2.45) is 0 Å². The van der Waals surface area contributed by atoms with Crippen LogP contribution in [-0.2, 0) is 16.0 Å². The zero-order valence-corrected chi connectivity index (χ0v) is 12.4. The fraction of sp³-hybridized carbons (Fsp3) is 0.562. The lowest BCUT2D eigenvalue weighted by Gasteiger charge is -2.28. The van der Waals surface area contributed by atoms with Crippen LogP contribution in [0.3, 0.4) is 0 Å². The Morgan fingerprint density at radius 3 is 2.95 bits per heavy atom. The van der Waals surface area contributed by atoms with E-state index in [9.17, 15) is 4.79 Å². The molecule has 0 bridgehead atoms. The van der Waals surface area contributed by atoms with Crippen LogP contribution in [0.5, 0.6) is 0 Å². The van der Waals surface area contributed by atoms with Gasteiger partial charge in [0.05, 0.1) is 12.7 Å². The van der Waals surface area contributed by atoms with Crippen molar-refractivity contribution >= 4 is 5.91 Å². The Morgan fingerprint density at radius 2 is 2.25 bits per heavy atom. The highest BCUT2D eigenvalue weighted by Crippen LogP contribution is 2.10. The summed E-state index contributed by atoms with van der Waals surface area (Å²) in [4.78, 5) is 13.9. The maximum Gasteiger partial charge on any atom is 0.222 e. The maximum atomic E-state index is 12.2. The molecule has 0 aromatic heterocycles. The second-order valence-corrected chi connectivity index (χ2v) is 5.40. The standard InChI is InChI=1S/C16H24N2O2/c1-13-5-3-4-6-14(13)7-8-16(19)18(2)12-15-11-17-9-10-20-15/h3-6,15,17H,7-12H2,1-2H3. The molecule has 1 N–H and O–H groups in total. The van der Waals surface area contributed by atoms with Gasteiger partial charge in [0, 0.05) is 33.1 Å². The van der Waals surface area contributed by atoms with Crippen LogP contribution in [0.15, 0.2) is 24.3 Å². The molecule has 20 heavy (non-hydrogen) atoms. The molecule has 1 aromatic rings. The molecule has 0 spiro atoms. The highest BCUT2D eigenvalue weighted by molar-refractivity contribution is 5.76. The van der Waals surface area contributed by atoms with E-state index in [4.69, 9.17) is 4.74 Å². The van der Waals surface area contributed by atoms with Gasteiger partial charge in [-0.1, -0.05) is 24.3 Å². The molecule has 4 nitrogen and oxygen atoms in total. The monoisotopic (exact) mass is 276 g/mol. The molecule has 0 radical (unpaired) electrons. The number of amides is 1. The molecule has 1 aliphatic heterocycles. The molecule has 1 saturated heterocycles. The first-order chi connectivity index (χ1) is 9.66. The Bertz CT molecular complexity index is 442. The topological polar surface area (TPSA) is 41.6 Å². The molecule has 0 aliphatic carbocycles. The van der Waals surface area contributed by atoms with Crippen LogP contribution in [0.25, 0.3) is 0 Å². The van der Waals surface area contributed by atoms with E-state index in [-0.39, 0.29) is 12.0 Å². The van der Waals surface area contributed by atoms with Crippen molar-refractivity contribution in [3.63, 3.8) is 0 Å². The quantitative estimate of drug-likeness (QED) is 0.883. The van der Waals surface area contributed by atoms with Gasteiger partial charge in [0.2, 0.25) is 5.91 Å². The molecule has 1 heterocycles. The number of hydrogen-bond donors (Lipinski definition) is 1. The van der Waals surface area contributed by atoms with Gasteiger partial charge in [-0.05, 0) is 24.5 Å². The summed E-state index contributed by atoms with van der Waals surface area (Å²) in [5.74, 6) is 0.183. The summed E-state index contributed by atoms with van der Waals surface area (Å²) in [6.45, 7) is 5.22. The molecule has 2 rings (SSSR count). The van der Waals surface area contributed by atoms with Gasteiger partial charge in [0.15, 0.2) is 0 Å². The first kappa shape index (κ1) is 15.0. The number of rotatable bonds is 5. The minimum Gasteiger partial charge on any atom is -0.374 e. The molecule has 4 heteroatoms. The van der Waals surface area contributed by atoms with Crippen LogP contribution in [0.1, 0.15) is 17.5 Å². The molecule has 110 valence electrons. The fourth-order valence-corrected chi connectivity index (χ4v) is 2.47. The lowest BCUT2D eigenvalue weighted by molar-refractivity contribution is -0.132. The SMILES string of the molecule is Cc1ccccc1CCC(=O)N(C)CC1CNCCO1. The number of nitrogens with zero attached hydrogens (tertiary/aromatic N) is 1. The van der Waals surface area contributed by atoms with E-state index in [1.54, 1.807) is 4.90 Å². The lowest BCUT2D eigenvalue weighted by atomic mass is 10.0. The number of nitrogens with one attached hydrogen (secondary N) is 1. The molecule has 1 aliphatic rings. The number of benzene rings is 1. The first-order valence-corrected chi connectivity index (χ1v) is 7.27. The Kier molecular flexibility index (Phi) is 5.56. The number of ether oxygens (including phenoxy) is 1. The molecular weight excluding hydrogens is 252 g/mol. The number of aryl methyl sites for hydroxylation is 2. The predicted molar refractivity (Wildman–Crippen MR) is 79.7 cm³/mol. The summed E-state index contributed by atoms with van der Waals surface area (Å²) in [6.07, 6.45) is 1.48. The van der Waals surface area contributed by atoms with E-state index < -0.39 is 0 Å². The maximum absolute atomic E-state index is 12.2. The third-order valence-electron chi connectivity index (χ3n) is 3.78. The van der Waals surface area contributed by atoms with Crippen LogP contribution in [0.2, 0.25) is 0 Å². The van der Waals surface area contributed by atoms with E-state index in [1.807, 2.05) is 19.2 Å². The van der Waals surface area contributed by atoms with Gasteiger partial charge in [-0.2, -0.15) is 0 Å². The summed E-state index contributed by atoms with van der Waals surface area (Å²) in [6, 6.07) is 8.24. The largest absolute Gasteiger partial charge is 0.374 e. The third kappa shape index (κ3) is 4.32. The van der Waals surface area contributed by atoms with Crippen molar-refractivity contribution in [3.8, 4) is 0 Å². The van der Waals surface area contributed by atoms with Gasteiger partial charge >= 0.3 is 0 Å². The summed E-state index contributed by atoms with van der Waals surface area (Å²) in [7, 11) is 1.86. The summed E-state index contributed by atoms with van der Waals surface area (Å²) in [5, 5.41) is 3.28. The molecule has 0 saturated carbocycles. The minimum absolute atomic E-state index is 0.121. The van der Waals surface area contributed by atoms with Crippen molar-refractivity contribution in [2.75, 3.05) is 33.3 Å². The van der Waals surface area contributed by atoms with Crippen LogP contribution in [0, 0.1) is 6.92 Å². The van der Waals surface area contributed by atoms with E-state index in [0.717, 1.165) is 26.1 Å². The van der Waals surface area contributed by atoms with Crippen molar-refractivity contribution in [1.82, 2.24) is 10.2 Å². The van der Waals surface area contributed by atoms with Gasteiger partial charge in [0.25, 0.3) is 0 Å². The second-order valence-electron chi connectivity index (χ2n) is 5.40. The minimum atomic E-state index is 0.121. The number of carbonyl (C=O) groups excluding carboxylic acids is 1. The molecular formula is C16H24N2O2. The Labute approximate surface area is 121 Å². The highest BCUT2D eigenvalue weighted by Gasteiger charge is 2.18. The Balaban J connectivity index is 1.77. The fourth-order valence-electron chi connectivity index (χ4n) is 2.47. The van der Waals surface area contributed by atoms with Gasteiger partial charge in [-0.25, -0.2) is 0 Å². The van der Waals surface area contributed by atoms with Crippen molar-refractivity contribution in [3.05, 3.63) is 35.4 Å². The average Bonchev–Trinajstić information content (AvgIpc) is 2.47. The lowest BCUT2D eigenvalue weighted by Crippen LogP contribution is -2.45. The smallest absolute Gasteiger partial charge is 0.222 e. The van der Waals surface area contributed by atoms with E-state index in [0.29, 0.717) is 13.0 Å². The molecule has 1 amide bonds. The normalized spacial score (nSPS) is 18.8. The molecule has 1 fully saturated rings. The average molecular weight is 276 g/mol. The Morgan fingerprint density at radius 1 is 1.45 bits per heavy atom. The van der Waals surface area contributed by atoms with Gasteiger partial charge < -0.3 is 15.0 Å². The second kappa shape index (κ2) is 7.41. The Hall–Kier alpha value is -1.39. The predicted octanol–water partition coefficient (Wildman–Crippen LogP) is 1.37. The van der Waals surface area contributed by atoms with E-state index in [1.165, 1.54) is 11.1 Å². The molecule has 1 unspecified atom stereocenters. The highest BCUT2D eigenvalue weighted by atomic mass is 16.5. The van der Waals surface area contributed by atoms with Crippen molar-refractivity contribution < 1.29 is 9.53 Å². The third-order valence-corrected chi connectivity index (χ3v) is 3.78. The van der Waals surface area contributed by atoms with Gasteiger partial charge in [0.1, 0.15) is 0 Å². The number of hydrogen-bond acceptors (Lipinski definition) is 3. The molecule has 1 atom stereocenters. The zero-order chi connectivity index (χ0) is 14.4. The van der Waals surface area contributed by atoms with Crippen LogP contribution in [0.4, 0.5) is 0 Å². The van der Waals surface area contributed by atoms with Crippen molar-refractivity contribution in [2.45, 2.75) is 25.9 Å². The zero-order valence-electron chi connectivity index (χ0n) is 12.4. The number of likely N-dealkylation sites (N-methyl/N-ethyl adjacent to an activating group) is 1.